The van der Waals surface area contributed by atoms with E-state index in [1.807, 2.05) is 0 Å². The SMILES string of the molecule is O=C1O[C@@]2(C(F)(F)F)CCC3(OCCCO3)[C@]1(c1ccccc1)N2. The van der Waals surface area contributed by atoms with Crippen LogP contribution < -0.4 is 5.32 Å². The Bertz CT molecular complexity index is 659. The fourth-order valence-electron chi connectivity index (χ4n) is 3.81. The first kappa shape index (κ1) is 15.9. The van der Waals surface area contributed by atoms with Crippen molar-refractivity contribution in [1.29, 1.82) is 0 Å². The number of fused-ring (bicyclic) bond motifs is 3. The summed E-state index contributed by atoms with van der Waals surface area (Å²) in [5, 5.41) is 2.44. The lowest BCUT2D eigenvalue weighted by molar-refractivity contribution is -0.334. The Kier molecular flexibility index (Phi) is 3.26. The van der Waals surface area contributed by atoms with Crippen molar-refractivity contribution in [2.75, 3.05) is 13.2 Å². The van der Waals surface area contributed by atoms with Gasteiger partial charge in [-0.3, -0.25) is 0 Å². The zero-order valence-electron chi connectivity index (χ0n) is 12.7. The van der Waals surface area contributed by atoms with Gasteiger partial charge in [0.25, 0.3) is 5.72 Å². The Morgan fingerprint density at radius 3 is 2.33 bits per heavy atom. The fraction of sp³-hybridized carbons (Fsp3) is 0.562. The molecule has 4 rings (SSSR count). The van der Waals surface area contributed by atoms with Crippen LogP contribution >= 0.6 is 0 Å². The number of carbonyl (C=O) groups excluding carboxylic acids is 1. The third kappa shape index (κ3) is 1.84. The molecule has 8 heteroatoms. The predicted octanol–water partition coefficient (Wildman–Crippen LogP) is 2.21. The molecule has 0 unspecified atom stereocenters. The van der Waals surface area contributed by atoms with Gasteiger partial charge in [-0.2, -0.15) is 13.2 Å². The number of rotatable bonds is 1. The molecule has 3 fully saturated rings. The summed E-state index contributed by atoms with van der Waals surface area (Å²) < 4.78 is 57.3. The highest BCUT2D eigenvalue weighted by Gasteiger charge is 2.79. The Morgan fingerprint density at radius 2 is 1.71 bits per heavy atom. The van der Waals surface area contributed by atoms with Gasteiger partial charge in [-0.15, -0.1) is 0 Å². The first-order chi connectivity index (χ1) is 11.4. The lowest BCUT2D eigenvalue weighted by Crippen LogP contribution is -2.72. The van der Waals surface area contributed by atoms with Gasteiger partial charge in [0.05, 0.1) is 13.2 Å². The van der Waals surface area contributed by atoms with E-state index in [9.17, 15) is 18.0 Å². The molecule has 3 aliphatic rings. The van der Waals surface area contributed by atoms with Crippen LogP contribution in [0, 0.1) is 0 Å². The molecule has 2 atom stereocenters. The van der Waals surface area contributed by atoms with Crippen LogP contribution in [0.3, 0.4) is 0 Å². The van der Waals surface area contributed by atoms with E-state index in [0.29, 0.717) is 25.2 Å². The van der Waals surface area contributed by atoms with Crippen molar-refractivity contribution < 1.29 is 32.2 Å². The number of hydrogen-bond donors (Lipinski definition) is 1. The largest absolute Gasteiger partial charge is 0.442 e. The third-order valence-electron chi connectivity index (χ3n) is 4.96. The number of hydrogen-bond acceptors (Lipinski definition) is 5. The second kappa shape index (κ2) is 4.93. The van der Waals surface area contributed by atoms with Crippen LogP contribution in [0.5, 0.6) is 0 Å². The summed E-state index contributed by atoms with van der Waals surface area (Å²) in [7, 11) is 0. The van der Waals surface area contributed by atoms with Crippen molar-refractivity contribution in [3.63, 3.8) is 0 Å². The lowest BCUT2D eigenvalue weighted by Gasteiger charge is -2.51. The minimum absolute atomic E-state index is 0.0971. The Labute approximate surface area is 136 Å². The number of nitrogens with one attached hydrogen (secondary N) is 1. The minimum atomic E-state index is -4.74. The summed E-state index contributed by atoms with van der Waals surface area (Å²) in [6, 6.07) is 8.18. The number of carbonyl (C=O) groups is 1. The van der Waals surface area contributed by atoms with E-state index in [0.717, 1.165) is 0 Å². The maximum atomic E-state index is 13.6. The van der Waals surface area contributed by atoms with Gasteiger partial charge in [0.1, 0.15) is 0 Å². The maximum Gasteiger partial charge on any atom is 0.442 e. The number of piperidine rings is 1. The molecule has 0 amide bonds. The third-order valence-corrected chi connectivity index (χ3v) is 4.96. The van der Waals surface area contributed by atoms with Crippen molar-refractivity contribution in [3.8, 4) is 0 Å². The molecule has 1 N–H and O–H groups in total. The first-order valence-electron chi connectivity index (χ1n) is 7.78. The summed E-state index contributed by atoms with van der Waals surface area (Å²) >= 11 is 0. The zero-order valence-corrected chi connectivity index (χ0v) is 12.7. The Hall–Kier alpha value is -1.64. The predicted molar refractivity (Wildman–Crippen MR) is 74.6 cm³/mol. The van der Waals surface area contributed by atoms with Gasteiger partial charge in [-0.25, -0.2) is 10.1 Å². The van der Waals surface area contributed by atoms with Crippen molar-refractivity contribution in [2.45, 2.75) is 42.5 Å². The summed E-state index contributed by atoms with van der Waals surface area (Å²) in [4.78, 5) is 12.8. The number of halogens is 3. The highest BCUT2D eigenvalue weighted by Crippen LogP contribution is 2.56. The molecule has 1 aromatic rings. The molecule has 5 nitrogen and oxygen atoms in total. The molecule has 24 heavy (non-hydrogen) atoms. The van der Waals surface area contributed by atoms with Crippen molar-refractivity contribution in [2.24, 2.45) is 0 Å². The highest BCUT2D eigenvalue weighted by atomic mass is 19.4. The molecule has 3 saturated heterocycles. The van der Waals surface area contributed by atoms with E-state index in [1.54, 1.807) is 30.3 Å². The standard InChI is InChI=1S/C16H16F3NO4/c17-16(18,19)13-7-8-14(22-9-4-10-23-14)15(20-13,12(21)24-13)11-5-2-1-3-6-11/h1-3,5-6,20H,4,7-10H2/t13-,15-/m1/s1. The summed E-state index contributed by atoms with van der Waals surface area (Å²) in [5.41, 5.74) is -4.22. The van der Waals surface area contributed by atoms with Gasteiger partial charge in [0.2, 0.25) is 5.79 Å². The number of ether oxygens (including phenoxy) is 3. The van der Waals surface area contributed by atoms with Crippen LogP contribution in [0.25, 0.3) is 0 Å². The van der Waals surface area contributed by atoms with Crippen LogP contribution in [-0.4, -0.2) is 36.9 Å². The van der Waals surface area contributed by atoms with E-state index in [-0.39, 0.29) is 6.42 Å². The topological polar surface area (TPSA) is 56.8 Å². The summed E-state index contributed by atoms with van der Waals surface area (Å²) in [6.07, 6.45) is -4.68. The average Bonchev–Trinajstić information content (AvgIpc) is 2.85. The van der Waals surface area contributed by atoms with Gasteiger partial charge in [-0.1, -0.05) is 30.3 Å². The number of esters is 1. The van der Waals surface area contributed by atoms with Crippen LogP contribution in [0.1, 0.15) is 24.8 Å². The molecule has 0 aromatic heterocycles. The van der Waals surface area contributed by atoms with Crippen molar-refractivity contribution in [1.82, 2.24) is 5.32 Å². The molecule has 1 spiro atoms. The normalized spacial score (nSPS) is 35.0. The Balaban J connectivity index is 1.90. The first-order valence-corrected chi connectivity index (χ1v) is 7.78. The molecular weight excluding hydrogens is 327 g/mol. The van der Waals surface area contributed by atoms with Gasteiger partial charge in [0, 0.05) is 12.8 Å². The molecule has 2 bridgehead atoms. The highest BCUT2D eigenvalue weighted by molar-refractivity contribution is 5.87. The van der Waals surface area contributed by atoms with Crippen LogP contribution in [0.4, 0.5) is 13.2 Å². The van der Waals surface area contributed by atoms with Crippen molar-refractivity contribution >= 4 is 5.97 Å². The molecule has 3 aliphatic heterocycles. The monoisotopic (exact) mass is 343 g/mol. The van der Waals surface area contributed by atoms with E-state index in [4.69, 9.17) is 14.2 Å². The van der Waals surface area contributed by atoms with Crippen LogP contribution in [0.15, 0.2) is 30.3 Å². The molecule has 3 heterocycles. The second-order valence-electron chi connectivity index (χ2n) is 6.26. The molecule has 130 valence electrons. The lowest BCUT2D eigenvalue weighted by atomic mass is 9.75. The summed E-state index contributed by atoms with van der Waals surface area (Å²) in [6.45, 7) is 0.616. The quantitative estimate of drug-likeness (QED) is 0.793. The molecule has 1 aromatic carbocycles. The number of benzene rings is 1. The van der Waals surface area contributed by atoms with Crippen LogP contribution in [-0.2, 0) is 24.5 Å². The number of alkyl halides is 3. The maximum absolute atomic E-state index is 13.6. The Morgan fingerprint density at radius 1 is 1.04 bits per heavy atom. The van der Waals surface area contributed by atoms with Gasteiger partial charge in [0.15, 0.2) is 5.54 Å². The van der Waals surface area contributed by atoms with E-state index < -0.39 is 35.6 Å². The van der Waals surface area contributed by atoms with E-state index in [1.165, 1.54) is 0 Å². The van der Waals surface area contributed by atoms with Crippen LogP contribution in [0.2, 0.25) is 0 Å². The van der Waals surface area contributed by atoms with E-state index in [2.05, 4.69) is 5.32 Å². The molecule has 0 radical (unpaired) electrons. The van der Waals surface area contributed by atoms with Gasteiger partial charge in [-0.05, 0) is 12.0 Å². The van der Waals surface area contributed by atoms with E-state index >= 15 is 0 Å². The van der Waals surface area contributed by atoms with Gasteiger partial charge < -0.3 is 14.2 Å². The minimum Gasteiger partial charge on any atom is -0.432 e. The second-order valence-corrected chi connectivity index (χ2v) is 6.26. The molecule has 0 aliphatic carbocycles. The summed E-state index contributed by atoms with van der Waals surface area (Å²) in [5.74, 6) is -2.53. The fourth-order valence-corrected chi connectivity index (χ4v) is 3.81. The smallest absolute Gasteiger partial charge is 0.432 e. The average molecular weight is 343 g/mol. The molecular formula is C16H16F3NO4. The van der Waals surface area contributed by atoms with Gasteiger partial charge >= 0.3 is 12.1 Å². The van der Waals surface area contributed by atoms with Crippen molar-refractivity contribution in [3.05, 3.63) is 35.9 Å². The molecule has 0 saturated carbocycles. The zero-order chi connectivity index (χ0) is 17.1.